The van der Waals surface area contributed by atoms with Crippen LogP contribution in [0.3, 0.4) is 0 Å². The summed E-state index contributed by atoms with van der Waals surface area (Å²) in [5.74, 6) is -2.05. The number of rotatable bonds is 5. The summed E-state index contributed by atoms with van der Waals surface area (Å²) in [6.07, 6.45) is 0. The Morgan fingerprint density at radius 3 is 2.57 bits per heavy atom. The van der Waals surface area contributed by atoms with Gasteiger partial charge in [-0.2, -0.15) is 0 Å². The first-order valence-electron chi connectivity index (χ1n) is 6.17. The van der Waals surface area contributed by atoms with Gasteiger partial charge in [0.05, 0.1) is 5.56 Å². The van der Waals surface area contributed by atoms with Crippen LogP contribution in [0.5, 0.6) is 11.5 Å². The summed E-state index contributed by atoms with van der Waals surface area (Å²) in [6.45, 7) is -0.473. The minimum Gasteiger partial charge on any atom is -0.486 e. The molecule has 21 heavy (non-hydrogen) atoms. The normalized spacial score (nSPS) is 12.6. The van der Waals surface area contributed by atoms with Crippen molar-refractivity contribution in [3.8, 4) is 11.5 Å². The highest BCUT2D eigenvalue weighted by Crippen LogP contribution is 2.34. The van der Waals surface area contributed by atoms with Crippen molar-refractivity contribution in [2.75, 3.05) is 26.3 Å². The van der Waals surface area contributed by atoms with Gasteiger partial charge in [-0.3, -0.25) is 14.4 Å². The summed E-state index contributed by atoms with van der Waals surface area (Å²) in [6, 6.07) is 4.70. The van der Waals surface area contributed by atoms with Crippen molar-refractivity contribution < 1.29 is 29.0 Å². The van der Waals surface area contributed by atoms with Crippen molar-refractivity contribution in [2.45, 2.75) is 0 Å². The van der Waals surface area contributed by atoms with E-state index in [0.717, 1.165) is 4.90 Å². The average Bonchev–Trinajstić information content (AvgIpc) is 2.44. The number of carbonyl (C=O) groups is 3. The number of carboxylic acids is 1. The molecule has 1 aromatic rings. The Kier molecular flexibility index (Phi) is 4.27. The third-order valence-electron chi connectivity index (χ3n) is 2.76. The molecular weight excluding hydrogens is 280 g/mol. The van der Waals surface area contributed by atoms with Crippen LogP contribution in [0.15, 0.2) is 18.2 Å². The van der Waals surface area contributed by atoms with E-state index >= 15 is 0 Å². The lowest BCUT2D eigenvalue weighted by Crippen LogP contribution is -2.41. The number of hydrogen-bond donors (Lipinski definition) is 2. The summed E-state index contributed by atoms with van der Waals surface area (Å²) in [5.41, 5.74) is 5.18. The number of hydrogen-bond acceptors (Lipinski definition) is 5. The van der Waals surface area contributed by atoms with Crippen LogP contribution in [0.2, 0.25) is 0 Å². The number of ether oxygens (including phenoxy) is 2. The van der Waals surface area contributed by atoms with Gasteiger partial charge in [0, 0.05) is 0 Å². The number of amides is 2. The van der Waals surface area contributed by atoms with Crippen LogP contribution in [-0.2, 0) is 9.59 Å². The van der Waals surface area contributed by atoms with Gasteiger partial charge in [-0.15, -0.1) is 0 Å². The summed E-state index contributed by atoms with van der Waals surface area (Å²) >= 11 is 0. The Balaban J connectivity index is 2.32. The van der Waals surface area contributed by atoms with Crippen LogP contribution in [0, 0.1) is 0 Å². The fourth-order valence-electron chi connectivity index (χ4n) is 1.96. The van der Waals surface area contributed by atoms with Crippen molar-refractivity contribution in [3.63, 3.8) is 0 Å². The fraction of sp³-hybridized carbons (Fsp3) is 0.308. The first-order valence-corrected chi connectivity index (χ1v) is 6.17. The van der Waals surface area contributed by atoms with Crippen LogP contribution >= 0.6 is 0 Å². The van der Waals surface area contributed by atoms with Crippen LogP contribution in [0.4, 0.5) is 0 Å². The minimum absolute atomic E-state index is 0.134. The van der Waals surface area contributed by atoms with Gasteiger partial charge in [0.15, 0.2) is 11.5 Å². The molecule has 0 saturated carbocycles. The predicted octanol–water partition coefficient (Wildman–Crippen LogP) is -0.530. The van der Waals surface area contributed by atoms with E-state index in [1.165, 1.54) is 6.07 Å². The molecule has 0 radical (unpaired) electrons. The number of para-hydroxylation sites is 1. The fourth-order valence-corrected chi connectivity index (χ4v) is 1.96. The van der Waals surface area contributed by atoms with E-state index in [-0.39, 0.29) is 17.9 Å². The SMILES string of the molecule is NC(=O)CN(CC(=O)O)C(=O)c1cccc2c1OCCO2. The average molecular weight is 294 g/mol. The standard InChI is InChI=1S/C13H14N2O6/c14-10(16)6-15(7-11(17)18)13(19)8-2-1-3-9-12(8)21-5-4-20-9/h1-3H,4-7H2,(H2,14,16)(H,17,18). The number of nitrogens with two attached hydrogens (primary N) is 1. The molecule has 2 amide bonds. The van der Waals surface area contributed by atoms with Gasteiger partial charge >= 0.3 is 5.97 Å². The smallest absolute Gasteiger partial charge is 0.323 e. The number of primary amides is 1. The second-order valence-corrected chi connectivity index (χ2v) is 4.35. The molecule has 0 unspecified atom stereocenters. The zero-order valence-corrected chi connectivity index (χ0v) is 11.1. The molecule has 8 heteroatoms. The molecule has 0 spiro atoms. The molecular formula is C13H14N2O6. The van der Waals surface area contributed by atoms with Crippen LogP contribution in [-0.4, -0.2) is 54.1 Å². The first-order chi connectivity index (χ1) is 9.99. The monoisotopic (exact) mass is 294 g/mol. The molecule has 112 valence electrons. The second kappa shape index (κ2) is 6.12. The van der Waals surface area contributed by atoms with E-state index < -0.39 is 30.9 Å². The number of carbonyl (C=O) groups excluding carboxylic acids is 2. The highest BCUT2D eigenvalue weighted by Gasteiger charge is 2.26. The third-order valence-corrected chi connectivity index (χ3v) is 2.76. The number of fused-ring (bicyclic) bond motifs is 1. The number of aliphatic carboxylic acids is 1. The van der Waals surface area contributed by atoms with Gasteiger partial charge in [-0.05, 0) is 12.1 Å². The molecule has 1 aromatic carbocycles. The molecule has 0 aliphatic carbocycles. The minimum atomic E-state index is -1.24. The van der Waals surface area contributed by atoms with Crippen LogP contribution in [0.1, 0.15) is 10.4 Å². The summed E-state index contributed by atoms with van der Waals surface area (Å²) < 4.78 is 10.8. The highest BCUT2D eigenvalue weighted by molar-refractivity contribution is 6.00. The predicted molar refractivity (Wildman–Crippen MR) is 70.2 cm³/mol. The maximum atomic E-state index is 12.4. The number of nitrogens with zero attached hydrogens (tertiary/aromatic N) is 1. The van der Waals surface area contributed by atoms with Gasteiger partial charge < -0.3 is 25.2 Å². The quantitative estimate of drug-likeness (QED) is 0.753. The maximum Gasteiger partial charge on any atom is 0.323 e. The Labute approximate surface area is 120 Å². The molecule has 0 bridgehead atoms. The largest absolute Gasteiger partial charge is 0.486 e. The summed E-state index contributed by atoms with van der Waals surface area (Å²) in [4.78, 5) is 35.1. The van der Waals surface area contributed by atoms with E-state index in [0.29, 0.717) is 12.4 Å². The zero-order chi connectivity index (χ0) is 15.4. The Morgan fingerprint density at radius 1 is 1.19 bits per heavy atom. The summed E-state index contributed by atoms with van der Waals surface area (Å²) in [7, 11) is 0. The highest BCUT2D eigenvalue weighted by atomic mass is 16.6. The van der Waals surface area contributed by atoms with Gasteiger partial charge in [-0.25, -0.2) is 0 Å². The lowest BCUT2D eigenvalue weighted by molar-refractivity contribution is -0.138. The Bertz CT molecular complexity index is 570. The molecule has 0 aromatic heterocycles. The lowest BCUT2D eigenvalue weighted by Gasteiger charge is -2.24. The Morgan fingerprint density at radius 2 is 1.90 bits per heavy atom. The van der Waals surface area contributed by atoms with Gasteiger partial charge in [-0.1, -0.05) is 6.07 Å². The van der Waals surface area contributed by atoms with Crippen molar-refractivity contribution >= 4 is 17.8 Å². The lowest BCUT2D eigenvalue weighted by atomic mass is 10.1. The first kappa shape index (κ1) is 14.6. The van der Waals surface area contributed by atoms with Crippen LogP contribution in [0.25, 0.3) is 0 Å². The topological polar surface area (TPSA) is 119 Å². The zero-order valence-electron chi connectivity index (χ0n) is 11.1. The molecule has 0 fully saturated rings. The van der Waals surface area contributed by atoms with E-state index in [9.17, 15) is 14.4 Å². The van der Waals surface area contributed by atoms with Crippen molar-refractivity contribution in [2.24, 2.45) is 5.73 Å². The van der Waals surface area contributed by atoms with E-state index in [1.807, 2.05) is 0 Å². The van der Waals surface area contributed by atoms with Crippen molar-refractivity contribution in [1.29, 1.82) is 0 Å². The molecule has 1 aliphatic rings. The molecule has 0 atom stereocenters. The van der Waals surface area contributed by atoms with E-state index in [1.54, 1.807) is 12.1 Å². The van der Waals surface area contributed by atoms with E-state index in [2.05, 4.69) is 0 Å². The van der Waals surface area contributed by atoms with Crippen LogP contribution < -0.4 is 15.2 Å². The van der Waals surface area contributed by atoms with Crippen molar-refractivity contribution in [1.82, 2.24) is 4.90 Å². The van der Waals surface area contributed by atoms with Gasteiger partial charge in [0.2, 0.25) is 5.91 Å². The molecule has 8 nitrogen and oxygen atoms in total. The number of benzene rings is 1. The van der Waals surface area contributed by atoms with E-state index in [4.69, 9.17) is 20.3 Å². The molecule has 0 saturated heterocycles. The molecule has 1 heterocycles. The molecule has 2 rings (SSSR count). The van der Waals surface area contributed by atoms with Gasteiger partial charge in [0.1, 0.15) is 26.3 Å². The molecule has 1 aliphatic heterocycles. The summed E-state index contributed by atoms with van der Waals surface area (Å²) in [5, 5.41) is 8.83. The Hall–Kier alpha value is -2.77. The maximum absolute atomic E-state index is 12.4. The number of carboxylic acid groups (broad SMARTS) is 1. The molecule has 3 N–H and O–H groups in total. The second-order valence-electron chi connectivity index (χ2n) is 4.35. The van der Waals surface area contributed by atoms with Gasteiger partial charge in [0.25, 0.3) is 5.91 Å². The van der Waals surface area contributed by atoms with Crippen molar-refractivity contribution in [3.05, 3.63) is 23.8 Å². The third kappa shape index (κ3) is 3.41.